The SMILES string of the molecule is CCCCCCCCCCCCCCCCCCC(=O)NNC(=O)CCCCCCCCCCCCCCCCC. The zero-order valence-electron chi connectivity index (χ0n) is 28.2. The van der Waals surface area contributed by atoms with E-state index in [4.69, 9.17) is 0 Å². The molecule has 4 heteroatoms. The van der Waals surface area contributed by atoms with E-state index in [0.717, 1.165) is 25.7 Å². The van der Waals surface area contributed by atoms with Gasteiger partial charge in [0.25, 0.3) is 0 Å². The van der Waals surface area contributed by atoms with Gasteiger partial charge in [-0.3, -0.25) is 20.4 Å². The topological polar surface area (TPSA) is 58.2 Å². The van der Waals surface area contributed by atoms with Crippen LogP contribution in [-0.2, 0) is 9.59 Å². The second-order valence-electron chi connectivity index (χ2n) is 12.8. The molecule has 0 heterocycles. The predicted molar refractivity (Wildman–Crippen MR) is 180 cm³/mol. The molecule has 0 aliphatic rings. The highest BCUT2D eigenvalue weighted by atomic mass is 16.2. The Hall–Kier alpha value is -1.06. The lowest BCUT2D eigenvalue weighted by Gasteiger charge is -2.07. The Kier molecular flexibility index (Phi) is 34.2. The lowest BCUT2D eigenvalue weighted by Crippen LogP contribution is -2.41. The molecule has 0 fully saturated rings. The van der Waals surface area contributed by atoms with Gasteiger partial charge in [0.15, 0.2) is 0 Å². The molecular formula is C37H74N2O2. The maximum absolute atomic E-state index is 12.0. The van der Waals surface area contributed by atoms with Crippen molar-refractivity contribution in [1.29, 1.82) is 0 Å². The van der Waals surface area contributed by atoms with Crippen LogP contribution in [0.2, 0.25) is 0 Å². The Morgan fingerprint density at radius 3 is 0.659 bits per heavy atom. The zero-order valence-corrected chi connectivity index (χ0v) is 28.2. The van der Waals surface area contributed by atoms with Crippen molar-refractivity contribution < 1.29 is 9.59 Å². The quantitative estimate of drug-likeness (QED) is 0.0601. The van der Waals surface area contributed by atoms with Crippen LogP contribution in [0.25, 0.3) is 0 Å². The molecule has 0 saturated carbocycles. The van der Waals surface area contributed by atoms with Gasteiger partial charge in [-0.1, -0.05) is 200 Å². The van der Waals surface area contributed by atoms with E-state index >= 15 is 0 Å². The number of amides is 2. The largest absolute Gasteiger partial charge is 0.273 e. The third kappa shape index (κ3) is 35.0. The minimum Gasteiger partial charge on any atom is -0.273 e. The van der Waals surface area contributed by atoms with E-state index in [1.807, 2.05) is 0 Å². The molecule has 0 aromatic rings. The second kappa shape index (κ2) is 35.1. The van der Waals surface area contributed by atoms with E-state index in [9.17, 15) is 9.59 Å². The summed E-state index contributed by atoms with van der Waals surface area (Å²) in [6.45, 7) is 4.56. The summed E-state index contributed by atoms with van der Waals surface area (Å²) in [5, 5.41) is 0. The van der Waals surface area contributed by atoms with Gasteiger partial charge in [-0.05, 0) is 12.8 Å². The van der Waals surface area contributed by atoms with Gasteiger partial charge in [0.05, 0.1) is 0 Å². The number of unbranched alkanes of at least 4 members (excludes halogenated alkanes) is 29. The zero-order chi connectivity index (χ0) is 29.9. The predicted octanol–water partition coefficient (Wildman–Crippen LogP) is 12.0. The van der Waals surface area contributed by atoms with Crippen molar-refractivity contribution >= 4 is 11.8 Å². The summed E-state index contributed by atoms with van der Waals surface area (Å²) >= 11 is 0. The van der Waals surface area contributed by atoms with E-state index in [1.54, 1.807) is 0 Å². The molecule has 0 unspecified atom stereocenters. The molecule has 0 saturated heterocycles. The van der Waals surface area contributed by atoms with E-state index in [0.29, 0.717) is 12.8 Å². The molecule has 0 aliphatic carbocycles. The number of carbonyl (C=O) groups is 2. The van der Waals surface area contributed by atoms with E-state index in [1.165, 1.54) is 173 Å². The second-order valence-corrected chi connectivity index (χ2v) is 12.8. The Morgan fingerprint density at radius 2 is 0.463 bits per heavy atom. The van der Waals surface area contributed by atoms with Crippen molar-refractivity contribution in [3.8, 4) is 0 Å². The van der Waals surface area contributed by atoms with Gasteiger partial charge < -0.3 is 0 Å². The molecule has 0 aromatic carbocycles. The fourth-order valence-electron chi connectivity index (χ4n) is 5.75. The molecule has 0 aliphatic heterocycles. The van der Waals surface area contributed by atoms with Gasteiger partial charge in [-0.2, -0.15) is 0 Å². The highest BCUT2D eigenvalue weighted by molar-refractivity contribution is 5.81. The number of hydrogen-bond donors (Lipinski definition) is 2. The highest BCUT2D eigenvalue weighted by Gasteiger charge is 2.05. The van der Waals surface area contributed by atoms with Gasteiger partial charge in [-0.15, -0.1) is 0 Å². The van der Waals surface area contributed by atoms with E-state index in [-0.39, 0.29) is 11.8 Å². The Bertz CT molecular complexity index is 537. The summed E-state index contributed by atoms with van der Waals surface area (Å²) in [5.41, 5.74) is 5.20. The summed E-state index contributed by atoms with van der Waals surface area (Å²) < 4.78 is 0. The fourth-order valence-corrected chi connectivity index (χ4v) is 5.75. The Labute approximate surface area is 257 Å². The first-order valence-corrected chi connectivity index (χ1v) is 18.8. The van der Waals surface area contributed by atoms with Crippen molar-refractivity contribution in [2.45, 2.75) is 226 Å². The molecule has 0 aromatic heterocycles. The normalized spacial score (nSPS) is 11.2. The van der Waals surface area contributed by atoms with Gasteiger partial charge >= 0.3 is 0 Å². The van der Waals surface area contributed by atoms with Crippen LogP contribution >= 0.6 is 0 Å². The van der Waals surface area contributed by atoms with Crippen LogP contribution in [-0.4, -0.2) is 11.8 Å². The van der Waals surface area contributed by atoms with Crippen LogP contribution in [0.1, 0.15) is 226 Å². The molecule has 0 rings (SSSR count). The maximum Gasteiger partial charge on any atom is 0.238 e. The van der Waals surface area contributed by atoms with Crippen LogP contribution in [0.3, 0.4) is 0 Å². The summed E-state index contributed by atoms with van der Waals surface area (Å²) in [6, 6.07) is 0. The molecule has 0 atom stereocenters. The van der Waals surface area contributed by atoms with E-state index < -0.39 is 0 Å². The summed E-state index contributed by atoms with van der Waals surface area (Å²) in [7, 11) is 0. The van der Waals surface area contributed by atoms with Crippen molar-refractivity contribution in [2.75, 3.05) is 0 Å². The van der Waals surface area contributed by atoms with Crippen LogP contribution < -0.4 is 10.9 Å². The molecule has 244 valence electrons. The van der Waals surface area contributed by atoms with Gasteiger partial charge in [0, 0.05) is 12.8 Å². The minimum atomic E-state index is -0.0555. The highest BCUT2D eigenvalue weighted by Crippen LogP contribution is 2.15. The molecule has 41 heavy (non-hydrogen) atoms. The standard InChI is InChI=1S/C37H74N2O2/c1-3-5-7-9-11-13-15-17-19-21-23-25-27-29-31-33-35-37(41)39-38-36(40)34-32-30-28-26-24-22-20-18-16-14-12-10-8-6-4-2/h3-35H2,1-2H3,(H,38,40)(H,39,41). The lowest BCUT2D eigenvalue weighted by atomic mass is 10.0. The summed E-state index contributed by atoms with van der Waals surface area (Å²) in [5.74, 6) is -0.111. The number of nitrogens with one attached hydrogen (secondary N) is 2. The lowest BCUT2D eigenvalue weighted by molar-refractivity contribution is -0.129. The minimum absolute atomic E-state index is 0.0554. The van der Waals surface area contributed by atoms with Crippen LogP contribution in [0.5, 0.6) is 0 Å². The Balaban J connectivity index is 3.27. The average Bonchev–Trinajstić information content (AvgIpc) is 2.97. The summed E-state index contributed by atoms with van der Waals surface area (Å²) in [4.78, 5) is 24.0. The third-order valence-corrected chi connectivity index (χ3v) is 8.61. The molecular weight excluding hydrogens is 504 g/mol. The molecule has 0 spiro atoms. The van der Waals surface area contributed by atoms with Crippen LogP contribution in [0.4, 0.5) is 0 Å². The smallest absolute Gasteiger partial charge is 0.238 e. The molecule has 0 radical (unpaired) electrons. The van der Waals surface area contributed by atoms with Gasteiger partial charge in [0.2, 0.25) is 11.8 Å². The number of hydrogen-bond acceptors (Lipinski definition) is 2. The number of hydrazine groups is 1. The summed E-state index contributed by atoms with van der Waals surface area (Å²) in [6.07, 6.45) is 42.2. The Morgan fingerprint density at radius 1 is 0.293 bits per heavy atom. The molecule has 2 amide bonds. The first-order chi connectivity index (χ1) is 20.2. The van der Waals surface area contributed by atoms with Crippen molar-refractivity contribution in [3.05, 3.63) is 0 Å². The molecule has 2 N–H and O–H groups in total. The molecule has 4 nitrogen and oxygen atoms in total. The first-order valence-electron chi connectivity index (χ1n) is 18.8. The van der Waals surface area contributed by atoms with Crippen LogP contribution in [0.15, 0.2) is 0 Å². The molecule has 0 bridgehead atoms. The number of rotatable bonds is 33. The van der Waals surface area contributed by atoms with Crippen LogP contribution in [0, 0.1) is 0 Å². The fraction of sp³-hybridized carbons (Fsp3) is 0.946. The van der Waals surface area contributed by atoms with Gasteiger partial charge in [0.1, 0.15) is 0 Å². The van der Waals surface area contributed by atoms with Gasteiger partial charge in [-0.25, -0.2) is 0 Å². The van der Waals surface area contributed by atoms with Crippen molar-refractivity contribution in [3.63, 3.8) is 0 Å². The van der Waals surface area contributed by atoms with Crippen molar-refractivity contribution in [2.24, 2.45) is 0 Å². The van der Waals surface area contributed by atoms with E-state index in [2.05, 4.69) is 24.7 Å². The number of carbonyl (C=O) groups excluding carboxylic acids is 2. The average molecular weight is 579 g/mol. The van der Waals surface area contributed by atoms with Crippen molar-refractivity contribution in [1.82, 2.24) is 10.9 Å². The monoisotopic (exact) mass is 579 g/mol. The maximum atomic E-state index is 12.0. The third-order valence-electron chi connectivity index (χ3n) is 8.61. The first kappa shape index (κ1) is 39.9.